The second-order valence-corrected chi connectivity index (χ2v) is 13.3. The van der Waals surface area contributed by atoms with Gasteiger partial charge in [-0.2, -0.15) is 0 Å². The summed E-state index contributed by atoms with van der Waals surface area (Å²) in [6.07, 6.45) is 1.64. The van der Waals surface area contributed by atoms with Gasteiger partial charge in [-0.05, 0) is 68.5 Å². The van der Waals surface area contributed by atoms with Crippen molar-refractivity contribution >= 4 is 42.5 Å². The summed E-state index contributed by atoms with van der Waals surface area (Å²) in [5.74, 6) is -1.17. The Kier molecular flexibility index (Phi) is 6.67. The molecular formula is C24H26FNO7S2. The third-order valence-corrected chi connectivity index (χ3v) is 10.9. The zero-order valence-electron chi connectivity index (χ0n) is 19.5. The Morgan fingerprint density at radius 2 is 1.80 bits per heavy atom. The van der Waals surface area contributed by atoms with Crippen LogP contribution in [0.1, 0.15) is 55.5 Å². The number of carbonyl (C=O) groups is 1. The quantitative estimate of drug-likeness (QED) is 0.400. The third-order valence-electron chi connectivity index (χ3n) is 6.06. The Labute approximate surface area is 203 Å². The average molecular weight is 524 g/mol. The molecule has 0 amide bonds. The lowest BCUT2D eigenvalue weighted by Gasteiger charge is -2.17. The van der Waals surface area contributed by atoms with Gasteiger partial charge in [0.15, 0.2) is 14.4 Å². The van der Waals surface area contributed by atoms with Crippen molar-refractivity contribution in [1.29, 1.82) is 0 Å². The largest absolute Gasteiger partial charge is 0.462 e. The summed E-state index contributed by atoms with van der Waals surface area (Å²) in [7, 11) is -8.14. The molecule has 1 unspecified atom stereocenters. The molecule has 188 valence electrons. The second kappa shape index (κ2) is 9.27. The molecule has 1 atom stereocenters. The van der Waals surface area contributed by atoms with E-state index in [-0.39, 0.29) is 40.9 Å². The number of rotatable bonds is 9. The molecule has 1 aliphatic carbocycles. The minimum Gasteiger partial charge on any atom is -0.462 e. The topological polar surface area (TPSA) is 120 Å². The highest BCUT2D eigenvalue weighted by molar-refractivity contribution is 8.09. The lowest BCUT2D eigenvalue weighted by Crippen LogP contribution is -2.33. The fraction of sp³-hybridized carbons (Fsp3) is 0.375. The van der Waals surface area contributed by atoms with Crippen LogP contribution in [0.2, 0.25) is 0 Å². The molecule has 1 N–H and O–H groups in total. The van der Waals surface area contributed by atoms with Gasteiger partial charge in [-0.25, -0.2) is 26.0 Å². The first-order chi connectivity index (χ1) is 16.5. The Bertz CT molecular complexity index is 1490. The van der Waals surface area contributed by atoms with Crippen LogP contribution < -0.4 is 4.72 Å². The van der Waals surface area contributed by atoms with E-state index in [1.807, 2.05) is 0 Å². The molecule has 1 fully saturated rings. The molecule has 1 aromatic heterocycles. The SMILES string of the molecule is CCOC(=O)c1c(-c2ccc(F)cc2)oc2cc(NS(=O)(=O)C(C)S(=O)(=O)CC)c(C3CC3)cc12. The number of furan rings is 1. The number of hydrogen-bond donors (Lipinski definition) is 1. The molecule has 1 heterocycles. The average Bonchev–Trinajstić information content (AvgIpc) is 3.59. The van der Waals surface area contributed by atoms with E-state index in [4.69, 9.17) is 9.15 Å². The summed E-state index contributed by atoms with van der Waals surface area (Å²) in [5, 5.41) is 0.432. The maximum atomic E-state index is 13.5. The molecule has 0 saturated heterocycles. The van der Waals surface area contributed by atoms with Crippen molar-refractivity contribution in [3.8, 4) is 11.3 Å². The molecule has 0 spiro atoms. The monoisotopic (exact) mass is 523 g/mol. The van der Waals surface area contributed by atoms with E-state index in [1.54, 1.807) is 13.0 Å². The Balaban J connectivity index is 1.89. The van der Waals surface area contributed by atoms with Crippen LogP contribution in [0, 0.1) is 5.82 Å². The lowest BCUT2D eigenvalue weighted by atomic mass is 10.0. The van der Waals surface area contributed by atoms with E-state index in [0.717, 1.165) is 19.8 Å². The van der Waals surface area contributed by atoms with Crippen LogP contribution in [0.3, 0.4) is 0 Å². The van der Waals surface area contributed by atoms with Crippen molar-refractivity contribution < 1.29 is 35.2 Å². The van der Waals surface area contributed by atoms with Crippen molar-refractivity contribution in [3.05, 3.63) is 53.3 Å². The van der Waals surface area contributed by atoms with Gasteiger partial charge in [-0.15, -0.1) is 0 Å². The number of anilines is 1. The number of fused-ring (bicyclic) bond motifs is 1. The maximum absolute atomic E-state index is 13.5. The van der Waals surface area contributed by atoms with Crippen LogP contribution in [0.15, 0.2) is 40.8 Å². The van der Waals surface area contributed by atoms with E-state index >= 15 is 0 Å². The van der Waals surface area contributed by atoms with Crippen LogP contribution in [0.5, 0.6) is 0 Å². The van der Waals surface area contributed by atoms with Crippen molar-refractivity contribution in [2.45, 2.75) is 44.1 Å². The number of nitrogens with one attached hydrogen (secondary N) is 1. The molecule has 2 aromatic carbocycles. The fourth-order valence-electron chi connectivity index (χ4n) is 3.85. The Hall–Kier alpha value is -2.92. The highest BCUT2D eigenvalue weighted by Crippen LogP contribution is 2.47. The number of ether oxygens (including phenoxy) is 1. The number of sulfonamides is 1. The number of sulfone groups is 1. The van der Waals surface area contributed by atoms with E-state index in [1.165, 1.54) is 37.3 Å². The van der Waals surface area contributed by atoms with Gasteiger partial charge in [0.25, 0.3) is 0 Å². The number of esters is 1. The molecule has 3 aromatic rings. The van der Waals surface area contributed by atoms with E-state index in [2.05, 4.69) is 4.72 Å². The summed E-state index contributed by atoms with van der Waals surface area (Å²) < 4.78 is 75.8. The van der Waals surface area contributed by atoms with Crippen LogP contribution in [0.4, 0.5) is 10.1 Å². The predicted molar refractivity (Wildman–Crippen MR) is 131 cm³/mol. The number of carbonyl (C=O) groups excluding carboxylic acids is 1. The van der Waals surface area contributed by atoms with Gasteiger partial charge in [-0.3, -0.25) is 4.72 Å². The van der Waals surface area contributed by atoms with Crippen molar-refractivity contribution in [3.63, 3.8) is 0 Å². The smallest absolute Gasteiger partial charge is 0.342 e. The van der Waals surface area contributed by atoms with Gasteiger partial charge in [0.2, 0.25) is 10.0 Å². The Morgan fingerprint density at radius 3 is 2.37 bits per heavy atom. The first-order valence-electron chi connectivity index (χ1n) is 11.2. The molecule has 0 aliphatic heterocycles. The summed E-state index contributed by atoms with van der Waals surface area (Å²) in [4.78, 5) is 12.9. The summed E-state index contributed by atoms with van der Waals surface area (Å²) in [6.45, 7) is 4.33. The molecule has 0 radical (unpaired) electrons. The minimum atomic E-state index is -4.28. The zero-order valence-corrected chi connectivity index (χ0v) is 21.1. The van der Waals surface area contributed by atoms with Gasteiger partial charge in [-0.1, -0.05) is 6.92 Å². The summed E-state index contributed by atoms with van der Waals surface area (Å²) in [6, 6.07) is 8.57. The summed E-state index contributed by atoms with van der Waals surface area (Å²) >= 11 is 0. The van der Waals surface area contributed by atoms with Crippen LogP contribution in [0.25, 0.3) is 22.3 Å². The van der Waals surface area contributed by atoms with E-state index < -0.39 is 36.2 Å². The highest BCUT2D eigenvalue weighted by atomic mass is 32.3. The second-order valence-electron chi connectivity index (χ2n) is 8.41. The summed E-state index contributed by atoms with van der Waals surface area (Å²) in [5.41, 5.74) is 1.66. The molecule has 11 heteroatoms. The van der Waals surface area contributed by atoms with Crippen LogP contribution in [-0.2, 0) is 24.6 Å². The van der Waals surface area contributed by atoms with Gasteiger partial charge in [0.05, 0.1) is 12.3 Å². The maximum Gasteiger partial charge on any atom is 0.342 e. The number of benzene rings is 2. The van der Waals surface area contributed by atoms with Gasteiger partial charge < -0.3 is 9.15 Å². The number of halogens is 1. The van der Waals surface area contributed by atoms with Crippen molar-refractivity contribution in [2.24, 2.45) is 0 Å². The molecule has 4 rings (SSSR count). The first-order valence-corrected chi connectivity index (χ1v) is 14.5. The predicted octanol–water partition coefficient (Wildman–Crippen LogP) is 4.82. The molecule has 1 aliphatic rings. The first kappa shape index (κ1) is 25.2. The molecule has 8 nitrogen and oxygen atoms in total. The van der Waals surface area contributed by atoms with E-state index in [9.17, 15) is 26.0 Å². The van der Waals surface area contributed by atoms with E-state index in [0.29, 0.717) is 16.5 Å². The van der Waals surface area contributed by atoms with Crippen molar-refractivity contribution in [1.82, 2.24) is 0 Å². The van der Waals surface area contributed by atoms with Crippen molar-refractivity contribution in [2.75, 3.05) is 17.1 Å². The van der Waals surface area contributed by atoms with Gasteiger partial charge in [0.1, 0.15) is 22.7 Å². The van der Waals surface area contributed by atoms with Gasteiger partial charge in [0, 0.05) is 22.8 Å². The van der Waals surface area contributed by atoms with Crippen LogP contribution in [-0.4, -0.2) is 39.7 Å². The van der Waals surface area contributed by atoms with Gasteiger partial charge >= 0.3 is 5.97 Å². The Morgan fingerprint density at radius 1 is 1.14 bits per heavy atom. The fourth-order valence-corrected chi connectivity index (χ4v) is 7.07. The van der Waals surface area contributed by atoms with Crippen LogP contribution >= 0.6 is 0 Å². The molecule has 0 bridgehead atoms. The molecule has 35 heavy (non-hydrogen) atoms. The molecule has 1 saturated carbocycles. The normalized spacial score (nSPS) is 15.2. The minimum absolute atomic E-state index is 0.0504. The number of hydrogen-bond acceptors (Lipinski definition) is 7. The zero-order chi connectivity index (χ0) is 25.5. The lowest BCUT2D eigenvalue weighted by molar-refractivity contribution is 0.0528. The third kappa shape index (κ3) is 4.92. The highest BCUT2D eigenvalue weighted by Gasteiger charge is 2.35. The standard InChI is InChI=1S/C24H26FNO7S2/c1-4-32-24(27)22-19-12-18(15-6-7-15)20(26-35(30,31)14(3)34(28,29)5-2)13-21(19)33-23(22)16-8-10-17(25)11-9-16/h8-15,26H,4-7H2,1-3H3. The molecular weight excluding hydrogens is 497 g/mol.